The maximum absolute atomic E-state index is 3.20. The van der Waals surface area contributed by atoms with E-state index in [1.165, 1.54) is 25.2 Å². The Balaban J connectivity index is 0. The lowest BCUT2D eigenvalue weighted by Gasteiger charge is -2.21. The first-order valence-electron chi connectivity index (χ1n) is 6.82. The summed E-state index contributed by atoms with van der Waals surface area (Å²) in [4.78, 5) is 2.49. The Morgan fingerprint density at radius 1 is 1.31 bits per heavy atom. The largest absolute Gasteiger partial charge is 0.374 e. The number of hydrogen-bond acceptors (Lipinski definition) is 2. The van der Waals surface area contributed by atoms with E-state index in [1.54, 1.807) is 0 Å². The summed E-state index contributed by atoms with van der Waals surface area (Å²) in [5.74, 6) is 0.872. The number of allylic oxidation sites excluding steroid dienone is 1. The molecule has 1 aliphatic heterocycles. The fourth-order valence-electron chi connectivity index (χ4n) is 1.77. The lowest BCUT2D eigenvalue weighted by atomic mass is 10.2. The molecular formula is C14H32N2. The molecule has 1 fully saturated rings. The number of hydrogen-bond donors (Lipinski definition) is 1. The van der Waals surface area contributed by atoms with Crippen LogP contribution in [0.15, 0.2) is 11.8 Å². The lowest BCUT2D eigenvalue weighted by Crippen LogP contribution is -2.26. The van der Waals surface area contributed by atoms with Gasteiger partial charge in [0.1, 0.15) is 0 Å². The van der Waals surface area contributed by atoms with Crippen LogP contribution in [0.25, 0.3) is 0 Å². The van der Waals surface area contributed by atoms with Gasteiger partial charge in [0.05, 0.1) is 0 Å². The van der Waals surface area contributed by atoms with E-state index in [1.807, 2.05) is 34.7 Å². The Kier molecular flexibility index (Phi) is 14.0. The van der Waals surface area contributed by atoms with Crippen LogP contribution in [-0.2, 0) is 0 Å². The molecule has 16 heavy (non-hydrogen) atoms. The molecule has 1 rings (SSSR count). The van der Waals surface area contributed by atoms with E-state index in [2.05, 4.69) is 30.1 Å². The second kappa shape index (κ2) is 12.6. The molecule has 1 unspecified atom stereocenters. The smallest absolute Gasteiger partial charge is 0.0350 e. The van der Waals surface area contributed by atoms with Crippen LogP contribution in [0.3, 0.4) is 0 Å². The lowest BCUT2D eigenvalue weighted by molar-refractivity contribution is 0.397. The molecular weight excluding hydrogens is 196 g/mol. The molecule has 0 spiro atoms. The highest BCUT2D eigenvalue weighted by atomic mass is 15.2. The van der Waals surface area contributed by atoms with Crippen molar-refractivity contribution in [2.24, 2.45) is 5.92 Å². The van der Waals surface area contributed by atoms with Gasteiger partial charge in [0.15, 0.2) is 0 Å². The van der Waals surface area contributed by atoms with Gasteiger partial charge < -0.3 is 10.2 Å². The number of rotatable bonds is 3. The van der Waals surface area contributed by atoms with Gasteiger partial charge in [0, 0.05) is 25.3 Å². The quantitative estimate of drug-likeness (QED) is 0.795. The molecule has 2 nitrogen and oxygen atoms in total. The third-order valence-corrected chi connectivity index (χ3v) is 2.52. The van der Waals surface area contributed by atoms with Crippen molar-refractivity contribution in [3.63, 3.8) is 0 Å². The van der Waals surface area contributed by atoms with Crippen LogP contribution in [0.5, 0.6) is 0 Å². The van der Waals surface area contributed by atoms with Crippen molar-refractivity contribution in [1.29, 1.82) is 0 Å². The predicted molar refractivity (Wildman–Crippen MR) is 75.7 cm³/mol. The van der Waals surface area contributed by atoms with Crippen LogP contribution in [0, 0.1) is 5.92 Å². The summed E-state index contributed by atoms with van der Waals surface area (Å²) in [5, 5.41) is 3.20. The van der Waals surface area contributed by atoms with Crippen molar-refractivity contribution in [3.8, 4) is 0 Å². The molecule has 1 N–H and O–H groups in total. The van der Waals surface area contributed by atoms with Crippen LogP contribution >= 0.6 is 0 Å². The van der Waals surface area contributed by atoms with Crippen LogP contribution < -0.4 is 5.32 Å². The molecule has 0 amide bonds. The SMILES string of the molecule is C/C=C(\CNC)N1CCC(C)C1.CC.CC. The topological polar surface area (TPSA) is 15.3 Å². The van der Waals surface area contributed by atoms with Crippen molar-refractivity contribution < 1.29 is 0 Å². The van der Waals surface area contributed by atoms with Gasteiger partial charge in [-0.3, -0.25) is 0 Å². The minimum atomic E-state index is 0.872. The minimum absolute atomic E-state index is 0.872. The summed E-state index contributed by atoms with van der Waals surface area (Å²) < 4.78 is 0. The highest BCUT2D eigenvalue weighted by molar-refractivity contribution is 5.03. The number of nitrogens with one attached hydrogen (secondary N) is 1. The van der Waals surface area contributed by atoms with Crippen molar-refractivity contribution in [2.45, 2.75) is 48.0 Å². The van der Waals surface area contributed by atoms with Gasteiger partial charge in [0.2, 0.25) is 0 Å². The molecule has 1 atom stereocenters. The van der Waals surface area contributed by atoms with Gasteiger partial charge in [-0.1, -0.05) is 40.7 Å². The molecule has 1 heterocycles. The number of likely N-dealkylation sites (N-methyl/N-ethyl adjacent to an activating group) is 1. The summed E-state index contributed by atoms with van der Waals surface area (Å²) in [6.07, 6.45) is 3.57. The third kappa shape index (κ3) is 6.89. The van der Waals surface area contributed by atoms with Crippen molar-refractivity contribution in [3.05, 3.63) is 11.8 Å². The summed E-state index contributed by atoms with van der Waals surface area (Å²) in [6, 6.07) is 0. The normalized spacial score (nSPS) is 19.6. The second-order valence-electron chi connectivity index (χ2n) is 3.65. The Labute approximate surface area is 103 Å². The highest BCUT2D eigenvalue weighted by Gasteiger charge is 2.19. The molecule has 98 valence electrons. The summed E-state index contributed by atoms with van der Waals surface area (Å²) in [7, 11) is 2.00. The van der Waals surface area contributed by atoms with Gasteiger partial charge in [-0.05, 0) is 26.3 Å². The van der Waals surface area contributed by atoms with E-state index in [0.29, 0.717) is 0 Å². The van der Waals surface area contributed by atoms with E-state index in [0.717, 1.165) is 12.5 Å². The molecule has 2 heteroatoms. The Morgan fingerprint density at radius 2 is 1.88 bits per heavy atom. The van der Waals surface area contributed by atoms with Gasteiger partial charge >= 0.3 is 0 Å². The molecule has 1 aliphatic rings. The molecule has 0 aromatic rings. The fraction of sp³-hybridized carbons (Fsp3) is 0.857. The summed E-state index contributed by atoms with van der Waals surface area (Å²) in [5.41, 5.74) is 1.45. The third-order valence-electron chi connectivity index (χ3n) is 2.52. The van der Waals surface area contributed by atoms with Crippen LogP contribution in [0.2, 0.25) is 0 Å². The van der Waals surface area contributed by atoms with Crippen molar-refractivity contribution >= 4 is 0 Å². The first-order chi connectivity index (χ1) is 7.77. The van der Waals surface area contributed by atoms with Gasteiger partial charge in [0.25, 0.3) is 0 Å². The zero-order valence-electron chi connectivity index (χ0n) is 12.4. The summed E-state index contributed by atoms with van der Waals surface area (Å²) in [6.45, 7) is 15.9. The molecule has 0 aromatic carbocycles. The predicted octanol–water partition coefficient (Wildman–Crippen LogP) is 3.50. The maximum atomic E-state index is 3.20. The average Bonchev–Trinajstić information content (AvgIpc) is 2.78. The van der Waals surface area contributed by atoms with Gasteiger partial charge in [-0.2, -0.15) is 0 Å². The first-order valence-corrected chi connectivity index (χ1v) is 6.82. The van der Waals surface area contributed by atoms with E-state index in [9.17, 15) is 0 Å². The van der Waals surface area contributed by atoms with Crippen LogP contribution in [0.4, 0.5) is 0 Å². The summed E-state index contributed by atoms with van der Waals surface area (Å²) >= 11 is 0. The minimum Gasteiger partial charge on any atom is -0.374 e. The number of nitrogens with zero attached hydrogens (tertiary/aromatic N) is 1. The zero-order chi connectivity index (χ0) is 13.0. The van der Waals surface area contributed by atoms with Crippen molar-refractivity contribution in [1.82, 2.24) is 10.2 Å². The number of likely N-dealkylation sites (tertiary alicyclic amines) is 1. The van der Waals surface area contributed by atoms with E-state index < -0.39 is 0 Å². The monoisotopic (exact) mass is 228 g/mol. The fourth-order valence-corrected chi connectivity index (χ4v) is 1.77. The van der Waals surface area contributed by atoms with E-state index >= 15 is 0 Å². The van der Waals surface area contributed by atoms with E-state index in [-0.39, 0.29) is 0 Å². The highest BCUT2D eigenvalue weighted by Crippen LogP contribution is 2.19. The maximum Gasteiger partial charge on any atom is 0.0350 e. The van der Waals surface area contributed by atoms with Gasteiger partial charge in [-0.25, -0.2) is 0 Å². The molecule has 0 saturated carbocycles. The molecule has 0 radical (unpaired) electrons. The second-order valence-corrected chi connectivity index (χ2v) is 3.65. The van der Waals surface area contributed by atoms with E-state index in [4.69, 9.17) is 0 Å². The first kappa shape index (κ1) is 17.9. The average molecular weight is 228 g/mol. The van der Waals surface area contributed by atoms with Crippen LogP contribution in [0.1, 0.15) is 48.0 Å². The van der Waals surface area contributed by atoms with Crippen LogP contribution in [-0.4, -0.2) is 31.6 Å². The molecule has 0 aromatic heterocycles. The zero-order valence-corrected chi connectivity index (χ0v) is 12.4. The molecule has 0 bridgehead atoms. The Bertz CT molecular complexity index is 164. The molecule has 0 aliphatic carbocycles. The Hall–Kier alpha value is -0.500. The Morgan fingerprint density at radius 3 is 2.19 bits per heavy atom. The van der Waals surface area contributed by atoms with Crippen molar-refractivity contribution in [2.75, 3.05) is 26.7 Å². The van der Waals surface area contributed by atoms with Gasteiger partial charge in [-0.15, -0.1) is 0 Å². The molecule has 1 saturated heterocycles. The standard InChI is InChI=1S/C10H20N2.2C2H6/c1-4-10(7-11-3)12-6-5-9(2)8-12;2*1-2/h4,9,11H,5-8H2,1-3H3;2*1-2H3/b10-4+;;.